The van der Waals surface area contributed by atoms with Gasteiger partial charge >= 0.3 is 0 Å². The molecule has 164 valence electrons. The van der Waals surface area contributed by atoms with Gasteiger partial charge in [-0.1, -0.05) is 45.1 Å². The quantitative estimate of drug-likeness (QED) is 0.226. The third-order valence-electron chi connectivity index (χ3n) is 5.25. The molecule has 0 aliphatic heterocycles. The first-order valence-corrected chi connectivity index (χ1v) is 12.8. The fraction of sp³-hybridized carbons (Fsp3) is 0.591. The number of carbonyl (C=O) groups excluding carboxylic acids is 1. The summed E-state index contributed by atoms with van der Waals surface area (Å²) in [6, 6.07) is 7.78. The van der Waals surface area contributed by atoms with Crippen LogP contribution in [0.2, 0.25) is 18.1 Å². The first kappa shape index (κ1) is 25.4. The Bertz CT molecular complexity index is 652. The Balaban J connectivity index is 2.67. The zero-order valence-electron chi connectivity index (χ0n) is 19.2. The average Bonchev–Trinajstić information content (AvgIpc) is 2.66. The standard InChI is InChI=1S/C22H37NO5Si/c1-22(2,3)29(7,8)28-20(16-21(24)23(4)26-6)10-9-15-27-17-18-11-13-19(25-5)14-12-18/h9-14,20H,15-17H2,1-8H3/b10-9+/t20-/m0/s1. The minimum Gasteiger partial charge on any atom is -0.497 e. The lowest BCUT2D eigenvalue weighted by Crippen LogP contribution is -2.44. The van der Waals surface area contributed by atoms with Gasteiger partial charge in [0.2, 0.25) is 5.91 Å². The average molecular weight is 424 g/mol. The molecule has 0 bridgehead atoms. The van der Waals surface area contributed by atoms with E-state index < -0.39 is 8.32 Å². The molecule has 29 heavy (non-hydrogen) atoms. The Morgan fingerprint density at radius 1 is 1.17 bits per heavy atom. The minimum absolute atomic E-state index is 0.0557. The van der Waals surface area contributed by atoms with Crippen molar-refractivity contribution in [2.24, 2.45) is 0 Å². The number of carbonyl (C=O) groups is 1. The molecule has 0 N–H and O–H groups in total. The van der Waals surface area contributed by atoms with Gasteiger partial charge in [0.1, 0.15) is 5.75 Å². The van der Waals surface area contributed by atoms with Gasteiger partial charge in [-0.2, -0.15) is 0 Å². The first-order chi connectivity index (χ1) is 13.5. The molecule has 1 atom stereocenters. The van der Waals surface area contributed by atoms with Gasteiger partial charge < -0.3 is 13.9 Å². The molecule has 0 saturated heterocycles. The summed E-state index contributed by atoms with van der Waals surface area (Å²) < 4.78 is 17.3. The first-order valence-electron chi connectivity index (χ1n) is 9.86. The maximum absolute atomic E-state index is 12.3. The lowest BCUT2D eigenvalue weighted by atomic mass is 10.2. The molecule has 1 amide bonds. The van der Waals surface area contributed by atoms with Gasteiger partial charge in [-0.25, -0.2) is 5.06 Å². The van der Waals surface area contributed by atoms with Gasteiger partial charge in [-0.15, -0.1) is 0 Å². The molecule has 7 heteroatoms. The van der Waals surface area contributed by atoms with E-state index in [4.69, 9.17) is 18.7 Å². The van der Waals surface area contributed by atoms with Crippen LogP contribution >= 0.6 is 0 Å². The number of hydrogen-bond donors (Lipinski definition) is 0. The molecule has 0 heterocycles. The molecule has 0 unspecified atom stereocenters. The zero-order chi connectivity index (χ0) is 22.1. The Morgan fingerprint density at radius 3 is 2.31 bits per heavy atom. The Morgan fingerprint density at radius 2 is 1.79 bits per heavy atom. The molecule has 0 aromatic heterocycles. The van der Waals surface area contributed by atoms with Crippen LogP contribution in [0.25, 0.3) is 0 Å². The number of rotatable bonds is 11. The molecule has 0 fully saturated rings. The van der Waals surface area contributed by atoms with Crippen molar-refractivity contribution >= 4 is 14.2 Å². The zero-order valence-corrected chi connectivity index (χ0v) is 20.2. The summed E-state index contributed by atoms with van der Waals surface area (Å²) in [7, 11) is 2.70. The Hall–Kier alpha value is -1.67. The van der Waals surface area contributed by atoms with Crippen molar-refractivity contribution in [3.8, 4) is 5.75 Å². The second-order valence-electron chi connectivity index (χ2n) is 8.49. The molecule has 0 radical (unpaired) electrons. The van der Waals surface area contributed by atoms with Gasteiger partial charge in [0, 0.05) is 7.05 Å². The summed E-state index contributed by atoms with van der Waals surface area (Å²) in [5.41, 5.74) is 1.07. The highest BCUT2D eigenvalue weighted by atomic mass is 28.4. The molecular weight excluding hydrogens is 386 g/mol. The van der Waals surface area contributed by atoms with Crippen molar-refractivity contribution in [3.63, 3.8) is 0 Å². The van der Waals surface area contributed by atoms with Gasteiger partial charge in [0.25, 0.3) is 0 Å². The van der Waals surface area contributed by atoms with Gasteiger partial charge in [0.05, 0.1) is 40.0 Å². The van der Waals surface area contributed by atoms with Crippen LogP contribution in [0, 0.1) is 0 Å². The number of ether oxygens (including phenoxy) is 2. The number of hydroxylamine groups is 2. The van der Waals surface area contributed by atoms with E-state index >= 15 is 0 Å². The Labute approximate surface area is 176 Å². The second-order valence-corrected chi connectivity index (χ2v) is 13.2. The van der Waals surface area contributed by atoms with Crippen LogP contribution in [-0.2, 0) is 25.4 Å². The van der Waals surface area contributed by atoms with Crippen LogP contribution in [0.1, 0.15) is 32.8 Å². The van der Waals surface area contributed by atoms with Crippen molar-refractivity contribution in [1.82, 2.24) is 5.06 Å². The van der Waals surface area contributed by atoms with Crippen LogP contribution in [0.3, 0.4) is 0 Å². The highest BCUT2D eigenvalue weighted by Gasteiger charge is 2.39. The molecular formula is C22H37NO5Si. The van der Waals surface area contributed by atoms with Crippen LogP contribution in [0.5, 0.6) is 5.75 Å². The van der Waals surface area contributed by atoms with Crippen molar-refractivity contribution in [2.75, 3.05) is 27.9 Å². The lowest BCUT2D eigenvalue weighted by molar-refractivity contribution is -0.169. The molecule has 0 saturated carbocycles. The Kier molecular flexibility index (Phi) is 10.1. The fourth-order valence-electron chi connectivity index (χ4n) is 2.28. The number of hydrogen-bond acceptors (Lipinski definition) is 5. The summed E-state index contributed by atoms with van der Waals surface area (Å²) >= 11 is 0. The van der Waals surface area contributed by atoms with E-state index in [1.54, 1.807) is 14.2 Å². The molecule has 0 aliphatic carbocycles. The smallest absolute Gasteiger partial charge is 0.248 e. The van der Waals surface area contributed by atoms with Gasteiger partial charge in [-0.3, -0.25) is 9.63 Å². The summed E-state index contributed by atoms with van der Waals surface area (Å²) in [6.45, 7) is 11.9. The maximum atomic E-state index is 12.3. The van der Waals surface area contributed by atoms with E-state index in [1.165, 1.54) is 12.2 Å². The molecule has 1 aromatic carbocycles. The SMILES string of the molecule is COc1ccc(COC/C=C/[C@@H](CC(=O)N(C)OC)O[Si](C)(C)C(C)(C)C)cc1. The topological polar surface area (TPSA) is 57.2 Å². The largest absolute Gasteiger partial charge is 0.497 e. The van der Waals surface area contributed by atoms with Crippen molar-refractivity contribution < 1.29 is 23.5 Å². The number of amides is 1. The molecule has 0 spiro atoms. The lowest BCUT2D eigenvalue weighted by Gasteiger charge is -2.38. The van der Waals surface area contributed by atoms with Crippen LogP contribution < -0.4 is 4.74 Å². The van der Waals surface area contributed by atoms with E-state index in [0.717, 1.165) is 11.3 Å². The summed E-state index contributed by atoms with van der Waals surface area (Å²) in [4.78, 5) is 17.3. The highest BCUT2D eigenvalue weighted by molar-refractivity contribution is 6.74. The third-order valence-corrected chi connectivity index (χ3v) is 9.75. The normalized spacial score (nSPS) is 13.5. The van der Waals surface area contributed by atoms with Crippen molar-refractivity contribution in [3.05, 3.63) is 42.0 Å². The summed E-state index contributed by atoms with van der Waals surface area (Å²) in [6.07, 6.45) is 3.76. The predicted octanol–water partition coefficient (Wildman–Crippen LogP) is 4.57. The molecule has 1 rings (SSSR count). The minimum atomic E-state index is -2.03. The number of methoxy groups -OCH3 is 1. The van der Waals surface area contributed by atoms with E-state index in [0.29, 0.717) is 13.2 Å². The fourth-order valence-corrected chi connectivity index (χ4v) is 3.55. The number of benzene rings is 1. The molecule has 0 aliphatic rings. The van der Waals surface area contributed by atoms with Crippen molar-refractivity contribution in [2.45, 2.75) is 58.0 Å². The van der Waals surface area contributed by atoms with E-state index in [9.17, 15) is 4.79 Å². The predicted molar refractivity (Wildman–Crippen MR) is 118 cm³/mol. The second kappa shape index (κ2) is 11.5. The van der Waals surface area contributed by atoms with Crippen LogP contribution in [0.15, 0.2) is 36.4 Å². The molecule has 6 nitrogen and oxygen atoms in total. The summed E-state index contributed by atoms with van der Waals surface area (Å²) in [5.74, 6) is 0.699. The van der Waals surface area contributed by atoms with E-state index in [-0.39, 0.29) is 23.5 Å². The van der Waals surface area contributed by atoms with E-state index in [2.05, 4.69) is 33.9 Å². The number of nitrogens with zero attached hydrogens (tertiary/aromatic N) is 1. The maximum Gasteiger partial charge on any atom is 0.248 e. The highest BCUT2D eigenvalue weighted by Crippen LogP contribution is 2.37. The van der Waals surface area contributed by atoms with Gasteiger partial charge in [0.15, 0.2) is 8.32 Å². The van der Waals surface area contributed by atoms with E-state index in [1.807, 2.05) is 36.4 Å². The monoisotopic (exact) mass is 423 g/mol. The van der Waals surface area contributed by atoms with Gasteiger partial charge in [-0.05, 0) is 35.8 Å². The molecule has 1 aromatic rings. The van der Waals surface area contributed by atoms with Crippen LogP contribution in [-0.4, -0.2) is 53.3 Å². The van der Waals surface area contributed by atoms with Crippen molar-refractivity contribution in [1.29, 1.82) is 0 Å². The summed E-state index contributed by atoms with van der Waals surface area (Å²) in [5, 5.41) is 1.29. The van der Waals surface area contributed by atoms with Crippen LogP contribution in [0.4, 0.5) is 0 Å². The third kappa shape index (κ3) is 8.70.